The first-order valence-corrected chi connectivity index (χ1v) is 8.50. The Balaban J connectivity index is 1.36. The highest BCUT2D eigenvalue weighted by Gasteiger charge is 2.30. The van der Waals surface area contributed by atoms with Gasteiger partial charge in [0.15, 0.2) is 0 Å². The van der Waals surface area contributed by atoms with E-state index in [0.717, 1.165) is 36.4 Å². The Bertz CT molecular complexity index is 866. The molecule has 3 aromatic rings. The van der Waals surface area contributed by atoms with E-state index in [1.54, 1.807) is 23.2 Å². The van der Waals surface area contributed by atoms with Crippen LogP contribution in [-0.2, 0) is 0 Å². The fourth-order valence-corrected chi connectivity index (χ4v) is 3.12. The predicted octanol–water partition coefficient (Wildman–Crippen LogP) is 2.42. The maximum atomic E-state index is 12.5. The predicted molar refractivity (Wildman–Crippen MR) is 96.9 cm³/mol. The van der Waals surface area contributed by atoms with Crippen molar-refractivity contribution in [1.82, 2.24) is 19.5 Å². The molecule has 1 saturated heterocycles. The first-order chi connectivity index (χ1) is 12.2. The first-order valence-electron chi connectivity index (χ1n) is 8.50. The molecule has 4 heterocycles. The molecule has 0 amide bonds. The Morgan fingerprint density at radius 3 is 2.92 bits per heavy atom. The zero-order chi connectivity index (χ0) is 17.2. The molecule has 0 aliphatic carbocycles. The first kappa shape index (κ1) is 15.6. The van der Waals surface area contributed by atoms with Crippen LogP contribution in [-0.4, -0.2) is 45.1 Å². The summed E-state index contributed by atoms with van der Waals surface area (Å²) < 4.78 is 1.66. The average molecular weight is 336 g/mol. The number of nitrogens with one attached hydrogen (secondary N) is 1. The number of hydrogen-bond donors (Lipinski definition) is 1. The molecule has 1 aliphatic heterocycles. The fraction of sp³-hybridized carbons (Fsp3) is 0.333. The smallest absolute Gasteiger partial charge is 0.231 e. The topological polar surface area (TPSA) is 75.9 Å². The summed E-state index contributed by atoms with van der Waals surface area (Å²) in [7, 11) is 0. The second-order valence-corrected chi connectivity index (χ2v) is 6.28. The van der Waals surface area contributed by atoms with Gasteiger partial charge < -0.3 is 10.2 Å². The van der Waals surface area contributed by atoms with Gasteiger partial charge in [-0.3, -0.25) is 14.3 Å². The lowest BCUT2D eigenvalue weighted by Gasteiger charge is -2.39. The van der Waals surface area contributed by atoms with Crippen LogP contribution in [0.5, 0.6) is 0 Å². The highest BCUT2D eigenvalue weighted by Crippen LogP contribution is 2.26. The van der Waals surface area contributed by atoms with E-state index in [2.05, 4.69) is 25.2 Å². The Labute approximate surface area is 145 Å². The normalized spacial score (nSPS) is 14.5. The molecule has 25 heavy (non-hydrogen) atoms. The van der Waals surface area contributed by atoms with Gasteiger partial charge in [0, 0.05) is 62.1 Å². The van der Waals surface area contributed by atoms with Crippen molar-refractivity contribution < 1.29 is 4.79 Å². The number of nitrogens with zero attached hydrogens (tertiary/aromatic N) is 5. The van der Waals surface area contributed by atoms with Crippen LogP contribution >= 0.6 is 0 Å². The van der Waals surface area contributed by atoms with Gasteiger partial charge in [0.05, 0.1) is 5.52 Å². The van der Waals surface area contributed by atoms with E-state index in [1.807, 2.05) is 31.3 Å². The summed E-state index contributed by atoms with van der Waals surface area (Å²) in [6, 6.07) is 5.75. The minimum Gasteiger partial charge on any atom is -0.356 e. The SMILES string of the molecule is CCNc1nccc(N2CC(CC(=O)n3cc4cccnc4c3)C2)n1. The highest BCUT2D eigenvalue weighted by molar-refractivity contribution is 5.87. The number of aromatic nitrogens is 4. The third-order valence-electron chi connectivity index (χ3n) is 4.42. The third kappa shape index (κ3) is 3.17. The largest absolute Gasteiger partial charge is 0.356 e. The quantitative estimate of drug-likeness (QED) is 0.771. The van der Waals surface area contributed by atoms with Gasteiger partial charge in [-0.2, -0.15) is 4.98 Å². The molecule has 1 N–H and O–H groups in total. The molecular weight excluding hydrogens is 316 g/mol. The summed E-state index contributed by atoms with van der Waals surface area (Å²) in [4.78, 5) is 27.6. The van der Waals surface area contributed by atoms with Crippen molar-refractivity contribution in [2.45, 2.75) is 13.3 Å². The zero-order valence-electron chi connectivity index (χ0n) is 14.1. The van der Waals surface area contributed by atoms with Gasteiger partial charge in [0.2, 0.25) is 11.9 Å². The summed E-state index contributed by atoms with van der Waals surface area (Å²) in [5.74, 6) is 2.01. The molecule has 7 heteroatoms. The Morgan fingerprint density at radius 2 is 2.12 bits per heavy atom. The lowest BCUT2D eigenvalue weighted by atomic mass is 9.96. The monoisotopic (exact) mass is 336 g/mol. The number of anilines is 2. The summed E-state index contributed by atoms with van der Waals surface area (Å²) in [6.07, 6.45) is 7.69. The Hall–Kier alpha value is -2.96. The third-order valence-corrected chi connectivity index (χ3v) is 4.42. The van der Waals surface area contributed by atoms with Crippen molar-refractivity contribution in [3.8, 4) is 0 Å². The van der Waals surface area contributed by atoms with Crippen LogP contribution in [0.25, 0.3) is 10.9 Å². The van der Waals surface area contributed by atoms with Crippen LogP contribution in [0.1, 0.15) is 18.1 Å². The van der Waals surface area contributed by atoms with Gasteiger partial charge >= 0.3 is 0 Å². The Kier molecular flexibility index (Phi) is 4.05. The lowest BCUT2D eigenvalue weighted by molar-refractivity contribution is 0.0872. The van der Waals surface area contributed by atoms with Crippen molar-refractivity contribution in [2.24, 2.45) is 5.92 Å². The number of carbonyl (C=O) groups excluding carboxylic acids is 1. The van der Waals surface area contributed by atoms with Gasteiger partial charge in [0.25, 0.3) is 0 Å². The van der Waals surface area contributed by atoms with E-state index in [1.165, 1.54) is 0 Å². The van der Waals surface area contributed by atoms with Crippen molar-refractivity contribution in [3.63, 3.8) is 0 Å². The molecule has 0 spiro atoms. The molecule has 3 aromatic heterocycles. The average Bonchev–Trinajstić information content (AvgIpc) is 3.02. The molecular formula is C18H20N6O. The molecule has 128 valence electrons. The fourth-order valence-electron chi connectivity index (χ4n) is 3.12. The van der Waals surface area contributed by atoms with Gasteiger partial charge in [0.1, 0.15) is 5.82 Å². The van der Waals surface area contributed by atoms with Crippen LogP contribution < -0.4 is 10.2 Å². The number of hydrogen-bond acceptors (Lipinski definition) is 6. The minimum atomic E-state index is 0.110. The molecule has 0 bridgehead atoms. The molecule has 7 nitrogen and oxygen atoms in total. The van der Waals surface area contributed by atoms with Crippen LogP contribution in [0.15, 0.2) is 43.0 Å². The van der Waals surface area contributed by atoms with E-state index in [9.17, 15) is 4.79 Å². The van der Waals surface area contributed by atoms with Gasteiger partial charge in [-0.1, -0.05) is 0 Å². The maximum Gasteiger partial charge on any atom is 0.231 e. The van der Waals surface area contributed by atoms with Crippen LogP contribution in [0, 0.1) is 5.92 Å². The van der Waals surface area contributed by atoms with Crippen molar-refractivity contribution >= 4 is 28.6 Å². The van der Waals surface area contributed by atoms with E-state index >= 15 is 0 Å². The summed E-state index contributed by atoms with van der Waals surface area (Å²) in [5.41, 5.74) is 0.850. The number of fused-ring (bicyclic) bond motifs is 1. The summed E-state index contributed by atoms with van der Waals surface area (Å²) in [6.45, 7) is 4.49. The Morgan fingerprint density at radius 1 is 1.24 bits per heavy atom. The molecule has 1 fully saturated rings. The lowest BCUT2D eigenvalue weighted by Crippen LogP contribution is -2.48. The van der Waals surface area contributed by atoms with E-state index in [0.29, 0.717) is 18.3 Å². The number of rotatable bonds is 5. The van der Waals surface area contributed by atoms with E-state index < -0.39 is 0 Å². The van der Waals surface area contributed by atoms with Crippen LogP contribution in [0.4, 0.5) is 11.8 Å². The second-order valence-electron chi connectivity index (χ2n) is 6.28. The summed E-state index contributed by atoms with van der Waals surface area (Å²) in [5, 5.41) is 4.11. The van der Waals surface area contributed by atoms with Crippen molar-refractivity contribution in [2.75, 3.05) is 29.9 Å². The second kappa shape index (κ2) is 6.51. The molecule has 4 rings (SSSR count). The van der Waals surface area contributed by atoms with Crippen molar-refractivity contribution in [3.05, 3.63) is 43.0 Å². The van der Waals surface area contributed by atoms with Gasteiger partial charge in [-0.05, 0) is 25.1 Å². The standard InChI is InChI=1S/C18H20N6O/c1-2-19-18-21-7-5-16(22-18)23-9-13(10-23)8-17(25)24-11-14-4-3-6-20-15(14)12-24/h3-7,11-13H,2,8-10H2,1H3,(H,19,21,22). The molecule has 0 radical (unpaired) electrons. The van der Waals surface area contributed by atoms with Crippen LogP contribution in [0.3, 0.4) is 0 Å². The van der Waals surface area contributed by atoms with Crippen molar-refractivity contribution in [1.29, 1.82) is 0 Å². The minimum absolute atomic E-state index is 0.110. The van der Waals surface area contributed by atoms with E-state index in [-0.39, 0.29) is 5.91 Å². The number of carbonyl (C=O) groups is 1. The molecule has 0 unspecified atom stereocenters. The van der Waals surface area contributed by atoms with Gasteiger partial charge in [-0.15, -0.1) is 0 Å². The highest BCUT2D eigenvalue weighted by atomic mass is 16.2. The molecule has 0 aromatic carbocycles. The summed E-state index contributed by atoms with van der Waals surface area (Å²) >= 11 is 0. The number of pyridine rings is 1. The zero-order valence-corrected chi connectivity index (χ0v) is 14.1. The van der Waals surface area contributed by atoms with Crippen LogP contribution in [0.2, 0.25) is 0 Å². The molecule has 0 saturated carbocycles. The molecule has 0 atom stereocenters. The molecule has 1 aliphatic rings. The maximum absolute atomic E-state index is 12.5. The van der Waals surface area contributed by atoms with E-state index in [4.69, 9.17) is 0 Å². The van der Waals surface area contributed by atoms with Gasteiger partial charge in [-0.25, -0.2) is 4.98 Å².